The van der Waals surface area contributed by atoms with Gasteiger partial charge in [0, 0.05) is 6.54 Å². The molecule has 2 heterocycles. The second-order valence-electron chi connectivity index (χ2n) is 5.48. The number of carboxylic acid groups (broad SMARTS) is 1. The summed E-state index contributed by atoms with van der Waals surface area (Å²) in [6.07, 6.45) is 3.30. The summed E-state index contributed by atoms with van der Waals surface area (Å²) in [5.41, 5.74) is 3.86. The van der Waals surface area contributed by atoms with Gasteiger partial charge < -0.3 is 5.11 Å². The summed E-state index contributed by atoms with van der Waals surface area (Å²) in [7, 11) is 0. The Bertz CT molecular complexity index is 835. The minimum absolute atomic E-state index is 0.349. The topological polar surface area (TPSA) is 53.4 Å². The van der Waals surface area contributed by atoms with Crippen molar-refractivity contribution in [2.75, 3.05) is 6.54 Å². The molecule has 0 saturated heterocycles. The normalized spacial score (nSPS) is 18.3. The van der Waals surface area contributed by atoms with E-state index in [9.17, 15) is 9.90 Å². The molecule has 1 aliphatic rings. The Morgan fingerprint density at radius 2 is 2.22 bits per heavy atom. The van der Waals surface area contributed by atoms with Gasteiger partial charge in [0.2, 0.25) is 0 Å². The van der Waals surface area contributed by atoms with Gasteiger partial charge in [0.15, 0.2) is 0 Å². The number of thiazole rings is 1. The molecule has 0 fully saturated rings. The summed E-state index contributed by atoms with van der Waals surface area (Å²) in [5, 5.41) is 10.6. The first kappa shape index (κ1) is 15.5. The molecule has 1 amide bonds. The maximum absolute atomic E-state index is 11.7. The molecule has 1 atom stereocenters. The number of aryl methyl sites for hydroxylation is 1. The number of nitrogens with zero attached hydrogens (tertiary/aromatic N) is 2. The van der Waals surface area contributed by atoms with Crippen LogP contribution in [0.1, 0.15) is 23.0 Å². The third kappa shape index (κ3) is 2.68. The van der Waals surface area contributed by atoms with Crippen molar-refractivity contribution in [3.63, 3.8) is 0 Å². The van der Waals surface area contributed by atoms with E-state index < -0.39 is 6.09 Å². The van der Waals surface area contributed by atoms with Crippen molar-refractivity contribution in [1.29, 1.82) is 0 Å². The van der Waals surface area contributed by atoms with Crippen LogP contribution >= 0.6 is 11.3 Å². The van der Waals surface area contributed by atoms with Crippen LogP contribution in [0.5, 0.6) is 0 Å². The number of hydrogen-bond acceptors (Lipinski definition) is 3. The average molecular weight is 326 g/mol. The molecule has 1 aromatic heterocycles. The molecule has 1 aromatic carbocycles. The van der Waals surface area contributed by atoms with Crippen molar-refractivity contribution in [3.05, 3.63) is 65.2 Å². The number of fused-ring (bicyclic) bond motifs is 1. The molecule has 0 radical (unpaired) electrons. The van der Waals surface area contributed by atoms with Crippen LogP contribution in [-0.2, 0) is 0 Å². The first-order chi connectivity index (χ1) is 11.0. The third-order valence-electron chi connectivity index (χ3n) is 4.15. The zero-order chi connectivity index (χ0) is 16.6. The first-order valence-electron chi connectivity index (χ1n) is 7.39. The van der Waals surface area contributed by atoms with Crippen LogP contribution in [0.4, 0.5) is 4.79 Å². The smallest absolute Gasteiger partial charge is 0.408 e. The number of amides is 1. The largest absolute Gasteiger partial charge is 0.465 e. The van der Waals surface area contributed by atoms with Crippen LogP contribution < -0.4 is 0 Å². The maximum Gasteiger partial charge on any atom is 0.408 e. The van der Waals surface area contributed by atoms with Crippen molar-refractivity contribution in [2.45, 2.75) is 19.4 Å². The molecule has 0 saturated carbocycles. The molecule has 23 heavy (non-hydrogen) atoms. The Hall–Kier alpha value is -2.40. The molecule has 0 aliphatic carbocycles. The molecule has 5 heteroatoms. The van der Waals surface area contributed by atoms with E-state index in [-0.39, 0.29) is 6.04 Å². The van der Waals surface area contributed by atoms with Gasteiger partial charge >= 0.3 is 6.09 Å². The Balaban J connectivity index is 2.17. The van der Waals surface area contributed by atoms with Gasteiger partial charge in [-0.1, -0.05) is 31.4 Å². The van der Waals surface area contributed by atoms with Crippen molar-refractivity contribution in [2.24, 2.45) is 0 Å². The van der Waals surface area contributed by atoms with E-state index in [2.05, 4.69) is 18.1 Å². The first-order valence-corrected chi connectivity index (χ1v) is 8.21. The predicted octanol–water partition coefficient (Wildman–Crippen LogP) is 4.70. The molecular formula is C18H18N2O2S. The summed E-state index contributed by atoms with van der Waals surface area (Å²) < 4.78 is 1.07. The molecule has 1 N–H and O–H groups in total. The number of allylic oxidation sites excluding steroid dienone is 1. The number of rotatable bonds is 3. The van der Waals surface area contributed by atoms with Crippen molar-refractivity contribution in [3.8, 4) is 0 Å². The van der Waals surface area contributed by atoms with Gasteiger partial charge in [-0.15, -0.1) is 11.3 Å². The van der Waals surface area contributed by atoms with Crippen LogP contribution in [-0.4, -0.2) is 27.6 Å². The van der Waals surface area contributed by atoms with E-state index in [1.165, 1.54) is 4.90 Å². The molecule has 0 unspecified atom stereocenters. The third-order valence-corrected chi connectivity index (χ3v) is 5.08. The number of carbonyl (C=O) groups is 1. The second kappa shape index (κ2) is 6.01. The molecule has 0 bridgehead atoms. The number of hydrogen-bond donors (Lipinski definition) is 1. The van der Waals surface area contributed by atoms with Crippen molar-refractivity contribution < 1.29 is 9.90 Å². The van der Waals surface area contributed by atoms with E-state index in [4.69, 9.17) is 0 Å². The average Bonchev–Trinajstić information content (AvgIpc) is 2.92. The van der Waals surface area contributed by atoms with Crippen molar-refractivity contribution in [1.82, 2.24) is 9.88 Å². The Morgan fingerprint density at radius 1 is 1.43 bits per heavy atom. The minimum Gasteiger partial charge on any atom is -0.465 e. The van der Waals surface area contributed by atoms with Crippen LogP contribution in [0.2, 0.25) is 0 Å². The lowest BCUT2D eigenvalue weighted by atomic mass is 9.88. The van der Waals surface area contributed by atoms with Crippen molar-refractivity contribution >= 4 is 27.6 Å². The zero-order valence-electron chi connectivity index (χ0n) is 13.0. The summed E-state index contributed by atoms with van der Waals surface area (Å²) in [6, 6.07) is 5.60. The highest BCUT2D eigenvalue weighted by Crippen LogP contribution is 2.38. The van der Waals surface area contributed by atoms with E-state index in [1.807, 2.05) is 25.1 Å². The molecule has 0 spiro atoms. The Labute approximate surface area is 139 Å². The standard InChI is InChI=1S/C18H18N2O2S/c1-4-12-8-9-20(18(21)22)17(14(12)5-2)13-6-7-15-16(10-13)23-11(3)19-15/h4-7,10,17H,1-2,8-9H2,3H3,(H,21,22)/t17-/m1/s1. The second-order valence-corrected chi connectivity index (χ2v) is 6.71. The summed E-state index contributed by atoms with van der Waals surface area (Å²) in [4.78, 5) is 17.6. The number of benzene rings is 1. The fraction of sp³-hybridized carbons (Fsp3) is 0.222. The Kier molecular flexibility index (Phi) is 4.05. The molecule has 4 nitrogen and oxygen atoms in total. The molecule has 2 aromatic rings. The van der Waals surface area contributed by atoms with Crippen LogP contribution in [0, 0.1) is 6.92 Å². The SMILES string of the molecule is C=CC1=C(C=C)[C@@H](c2ccc3nc(C)sc3c2)N(C(=O)O)CC1. The lowest BCUT2D eigenvalue weighted by Crippen LogP contribution is -2.38. The molecule has 1 aliphatic heterocycles. The highest BCUT2D eigenvalue weighted by atomic mass is 32.1. The van der Waals surface area contributed by atoms with Crippen LogP contribution in [0.25, 0.3) is 10.2 Å². The van der Waals surface area contributed by atoms with E-state index in [0.717, 1.165) is 31.9 Å². The summed E-state index contributed by atoms with van der Waals surface area (Å²) in [5.74, 6) is 0. The van der Waals surface area contributed by atoms with Gasteiger partial charge in [0.25, 0.3) is 0 Å². The van der Waals surface area contributed by atoms with Gasteiger partial charge in [-0.2, -0.15) is 0 Å². The maximum atomic E-state index is 11.7. The summed E-state index contributed by atoms with van der Waals surface area (Å²) in [6.45, 7) is 10.2. The minimum atomic E-state index is -0.918. The lowest BCUT2D eigenvalue weighted by Gasteiger charge is -2.36. The fourth-order valence-corrected chi connectivity index (χ4v) is 3.99. The van der Waals surface area contributed by atoms with Gasteiger partial charge in [-0.05, 0) is 42.2 Å². The zero-order valence-corrected chi connectivity index (χ0v) is 13.8. The van der Waals surface area contributed by atoms with E-state index in [1.54, 1.807) is 23.5 Å². The Morgan fingerprint density at radius 3 is 2.87 bits per heavy atom. The van der Waals surface area contributed by atoms with Gasteiger partial charge in [0.1, 0.15) is 0 Å². The molecular weight excluding hydrogens is 308 g/mol. The summed E-state index contributed by atoms with van der Waals surface area (Å²) >= 11 is 1.62. The predicted molar refractivity (Wildman–Crippen MR) is 93.9 cm³/mol. The van der Waals surface area contributed by atoms with Gasteiger partial charge in [-0.25, -0.2) is 9.78 Å². The highest BCUT2D eigenvalue weighted by Gasteiger charge is 2.32. The van der Waals surface area contributed by atoms with Gasteiger partial charge in [-0.3, -0.25) is 4.90 Å². The van der Waals surface area contributed by atoms with E-state index in [0.29, 0.717) is 13.0 Å². The van der Waals surface area contributed by atoms with Crippen LogP contribution in [0.3, 0.4) is 0 Å². The monoisotopic (exact) mass is 326 g/mol. The number of aromatic nitrogens is 1. The van der Waals surface area contributed by atoms with Crippen LogP contribution in [0.15, 0.2) is 54.7 Å². The highest BCUT2D eigenvalue weighted by molar-refractivity contribution is 7.18. The molecule has 3 rings (SSSR count). The fourth-order valence-electron chi connectivity index (χ4n) is 3.11. The quantitative estimate of drug-likeness (QED) is 0.889. The molecule has 118 valence electrons. The van der Waals surface area contributed by atoms with E-state index >= 15 is 0 Å². The lowest BCUT2D eigenvalue weighted by molar-refractivity contribution is 0.129. The van der Waals surface area contributed by atoms with Gasteiger partial charge in [0.05, 0.1) is 21.3 Å².